The van der Waals surface area contributed by atoms with E-state index in [1.54, 1.807) is 0 Å². The monoisotopic (exact) mass is 222 g/mol. The summed E-state index contributed by atoms with van der Waals surface area (Å²) < 4.78 is 0. The van der Waals surface area contributed by atoms with Crippen LogP contribution in [0.25, 0.3) is 0 Å². The second kappa shape index (κ2) is 8.87. The Bertz CT molecular complexity index is 232. The standard InChI is InChI=1S/C6H11N3O4.H3NO/c7-3(1-4(8)10)6(13)9-2-5(11)12;1-2/h3H,1-2,7H2,(H2,8,10)(H,9,13)(H,11,12);2H,1H2/t3-;/m0./s1. The van der Waals surface area contributed by atoms with Crippen LogP contribution in [-0.2, 0) is 14.4 Å². The minimum absolute atomic E-state index is 0.300. The van der Waals surface area contributed by atoms with Gasteiger partial charge in [0.15, 0.2) is 0 Å². The van der Waals surface area contributed by atoms with Crippen LogP contribution in [0.3, 0.4) is 0 Å². The number of nitrogens with two attached hydrogens (primary N) is 3. The Balaban J connectivity index is 0. The SMILES string of the molecule is NC(=O)C[C@H](N)C(=O)NCC(=O)O.NO. The highest BCUT2D eigenvalue weighted by molar-refractivity contribution is 5.89. The fraction of sp³-hybridized carbons (Fsp3) is 0.500. The molecule has 0 saturated heterocycles. The molecule has 0 bridgehead atoms. The first-order valence-corrected chi connectivity index (χ1v) is 3.72. The van der Waals surface area contributed by atoms with Crippen LogP contribution < -0.4 is 22.7 Å². The maximum atomic E-state index is 10.9. The van der Waals surface area contributed by atoms with Crippen molar-refractivity contribution in [1.82, 2.24) is 5.32 Å². The third-order valence-electron chi connectivity index (χ3n) is 1.17. The van der Waals surface area contributed by atoms with E-state index in [2.05, 4.69) is 5.90 Å². The molecule has 0 aliphatic heterocycles. The lowest BCUT2D eigenvalue weighted by atomic mass is 10.2. The normalized spacial score (nSPS) is 10.6. The van der Waals surface area contributed by atoms with Crippen LogP contribution in [0.1, 0.15) is 6.42 Å². The molecule has 9 N–H and O–H groups in total. The summed E-state index contributed by atoms with van der Waals surface area (Å²) in [6.45, 7) is -0.523. The van der Waals surface area contributed by atoms with Gasteiger partial charge in [-0.2, -0.15) is 0 Å². The van der Waals surface area contributed by atoms with Gasteiger partial charge in [0, 0.05) is 0 Å². The molecule has 1 atom stereocenters. The summed E-state index contributed by atoms with van der Waals surface area (Å²) in [5.74, 6) is 0.902. The number of aliphatic carboxylic acids is 1. The Morgan fingerprint density at radius 1 is 1.27 bits per heavy atom. The van der Waals surface area contributed by atoms with Gasteiger partial charge in [-0.05, 0) is 0 Å². The first-order valence-electron chi connectivity index (χ1n) is 3.72. The largest absolute Gasteiger partial charge is 0.480 e. The first kappa shape index (κ1) is 15.7. The highest BCUT2D eigenvalue weighted by Crippen LogP contribution is 1.85. The zero-order valence-corrected chi connectivity index (χ0v) is 7.84. The molecule has 0 aromatic carbocycles. The van der Waals surface area contributed by atoms with Crippen molar-refractivity contribution < 1.29 is 24.7 Å². The average Bonchev–Trinajstić information content (AvgIpc) is 2.16. The summed E-state index contributed by atoms with van der Waals surface area (Å²) in [4.78, 5) is 31.2. The van der Waals surface area contributed by atoms with Gasteiger partial charge >= 0.3 is 5.97 Å². The number of nitrogens with one attached hydrogen (secondary N) is 1. The summed E-state index contributed by atoms with van der Waals surface area (Å²) in [5.41, 5.74) is 9.97. The second-order valence-electron chi connectivity index (χ2n) is 2.39. The van der Waals surface area contributed by atoms with Crippen LogP contribution >= 0.6 is 0 Å². The summed E-state index contributed by atoms with van der Waals surface area (Å²) in [5, 5.41) is 16.7. The molecular weight excluding hydrogens is 208 g/mol. The highest BCUT2D eigenvalue weighted by Gasteiger charge is 2.15. The maximum absolute atomic E-state index is 10.9. The van der Waals surface area contributed by atoms with Crippen molar-refractivity contribution in [2.45, 2.75) is 12.5 Å². The predicted octanol–water partition coefficient (Wildman–Crippen LogP) is -3.28. The van der Waals surface area contributed by atoms with E-state index in [-0.39, 0.29) is 6.42 Å². The lowest BCUT2D eigenvalue weighted by molar-refractivity contribution is -0.138. The van der Waals surface area contributed by atoms with Gasteiger partial charge in [0.2, 0.25) is 11.8 Å². The van der Waals surface area contributed by atoms with Crippen molar-refractivity contribution in [2.75, 3.05) is 6.54 Å². The number of amides is 2. The fourth-order valence-corrected chi connectivity index (χ4v) is 0.603. The van der Waals surface area contributed by atoms with Gasteiger partial charge in [-0.1, -0.05) is 0 Å². The first-order chi connectivity index (χ1) is 6.93. The summed E-state index contributed by atoms with van der Waals surface area (Å²) in [7, 11) is 0. The molecule has 15 heavy (non-hydrogen) atoms. The number of hydrogen-bond acceptors (Lipinski definition) is 6. The van der Waals surface area contributed by atoms with E-state index in [0.717, 1.165) is 0 Å². The van der Waals surface area contributed by atoms with Gasteiger partial charge in [0.1, 0.15) is 6.54 Å². The number of rotatable bonds is 5. The average molecular weight is 222 g/mol. The molecule has 0 heterocycles. The van der Waals surface area contributed by atoms with Crippen LogP contribution in [0, 0.1) is 0 Å². The number of carbonyl (C=O) groups is 3. The van der Waals surface area contributed by atoms with Crippen molar-refractivity contribution in [3.05, 3.63) is 0 Å². The molecule has 88 valence electrons. The zero-order valence-electron chi connectivity index (χ0n) is 7.84. The molecule has 0 spiro atoms. The van der Waals surface area contributed by atoms with E-state index in [0.29, 0.717) is 0 Å². The molecule has 9 heteroatoms. The maximum Gasteiger partial charge on any atom is 0.322 e. The van der Waals surface area contributed by atoms with Gasteiger partial charge in [0.05, 0.1) is 12.5 Å². The van der Waals surface area contributed by atoms with Crippen molar-refractivity contribution >= 4 is 17.8 Å². The quantitative estimate of drug-likeness (QED) is 0.263. The minimum Gasteiger partial charge on any atom is -0.480 e. The molecule has 0 unspecified atom stereocenters. The lowest BCUT2D eigenvalue weighted by Crippen LogP contribution is -2.44. The predicted molar refractivity (Wildman–Crippen MR) is 48.4 cm³/mol. The molecule has 0 fully saturated rings. The number of primary amides is 1. The molecule has 9 nitrogen and oxygen atoms in total. The van der Waals surface area contributed by atoms with Gasteiger partial charge in [-0.15, -0.1) is 0 Å². The molecule has 0 aromatic heterocycles. The van der Waals surface area contributed by atoms with Crippen molar-refractivity contribution in [3.8, 4) is 0 Å². The Labute approximate surface area is 85.2 Å². The van der Waals surface area contributed by atoms with E-state index < -0.39 is 30.4 Å². The third kappa shape index (κ3) is 10.2. The Morgan fingerprint density at radius 3 is 2.07 bits per heavy atom. The smallest absolute Gasteiger partial charge is 0.322 e. The second-order valence-corrected chi connectivity index (χ2v) is 2.39. The molecule has 0 aromatic rings. The molecule has 0 aliphatic carbocycles. The van der Waals surface area contributed by atoms with Crippen LogP contribution in [-0.4, -0.2) is 40.7 Å². The summed E-state index contributed by atoms with van der Waals surface area (Å²) in [6, 6.07) is -1.09. The van der Waals surface area contributed by atoms with E-state index >= 15 is 0 Å². The van der Waals surface area contributed by atoms with E-state index in [1.165, 1.54) is 0 Å². The fourth-order valence-electron chi connectivity index (χ4n) is 0.603. The summed E-state index contributed by atoms with van der Waals surface area (Å²) >= 11 is 0. The molecular formula is C6H14N4O5. The van der Waals surface area contributed by atoms with Crippen LogP contribution in [0.2, 0.25) is 0 Å². The molecule has 0 radical (unpaired) electrons. The van der Waals surface area contributed by atoms with Gasteiger partial charge in [-0.25, -0.2) is 5.90 Å². The zero-order chi connectivity index (χ0) is 12.4. The number of hydrogen-bond donors (Lipinski definition) is 6. The number of carbonyl (C=O) groups excluding carboxylic acids is 2. The number of carboxylic acid groups (broad SMARTS) is 1. The Kier molecular flexibility index (Phi) is 9.31. The van der Waals surface area contributed by atoms with E-state index in [9.17, 15) is 14.4 Å². The topological polar surface area (TPSA) is 182 Å². The molecule has 2 amide bonds. The minimum atomic E-state index is -1.18. The van der Waals surface area contributed by atoms with Gasteiger partial charge in [0.25, 0.3) is 0 Å². The summed E-state index contributed by atoms with van der Waals surface area (Å²) in [6.07, 6.45) is -0.300. The van der Waals surface area contributed by atoms with Crippen molar-refractivity contribution in [3.63, 3.8) is 0 Å². The Hall–Kier alpha value is -1.71. The van der Waals surface area contributed by atoms with E-state index in [4.69, 9.17) is 21.8 Å². The lowest BCUT2D eigenvalue weighted by Gasteiger charge is -2.08. The third-order valence-corrected chi connectivity index (χ3v) is 1.17. The van der Waals surface area contributed by atoms with Crippen LogP contribution in [0.4, 0.5) is 0 Å². The van der Waals surface area contributed by atoms with Crippen LogP contribution in [0.5, 0.6) is 0 Å². The molecule has 0 saturated carbocycles. The van der Waals surface area contributed by atoms with Crippen molar-refractivity contribution in [2.24, 2.45) is 17.4 Å². The highest BCUT2D eigenvalue weighted by atomic mass is 16.4. The van der Waals surface area contributed by atoms with Gasteiger partial charge in [-0.3, -0.25) is 14.4 Å². The van der Waals surface area contributed by atoms with Crippen molar-refractivity contribution in [1.29, 1.82) is 0 Å². The van der Waals surface area contributed by atoms with Gasteiger partial charge < -0.3 is 27.1 Å². The molecule has 0 aliphatic rings. The molecule has 0 rings (SSSR count). The van der Waals surface area contributed by atoms with E-state index in [1.807, 2.05) is 5.32 Å². The number of carboxylic acids is 1. The van der Waals surface area contributed by atoms with Crippen LogP contribution in [0.15, 0.2) is 0 Å². The Morgan fingerprint density at radius 2 is 1.73 bits per heavy atom.